The summed E-state index contributed by atoms with van der Waals surface area (Å²) in [5.41, 5.74) is 18.5. The lowest BCUT2D eigenvalue weighted by Gasteiger charge is -2.19. The zero-order chi connectivity index (χ0) is 42.9. The van der Waals surface area contributed by atoms with E-state index >= 15 is 4.39 Å². The molecule has 0 saturated carbocycles. The minimum atomic E-state index is -0.238. The molecule has 0 aliphatic heterocycles. The molecule has 0 atom stereocenters. The van der Waals surface area contributed by atoms with Gasteiger partial charge in [0.05, 0.1) is 5.52 Å². The van der Waals surface area contributed by atoms with Crippen LogP contribution in [0.25, 0.3) is 121 Å². The maximum absolute atomic E-state index is 16.8. The summed E-state index contributed by atoms with van der Waals surface area (Å²) >= 11 is 0. The van der Waals surface area contributed by atoms with Gasteiger partial charge in [0.15, 0.2) is 0 Å². The molecule has 0 aliphatic carbocycles. The first-order chi connectivity index (χ1) is 31.5. The van der Waals surface area contributed by atoms with Gasteiger partial charge in [0.25, 0.3) is 0 Å². The lowest BCUT2D eigenvalue weighted by molar-refractivity contribution is 0.632. The monoisotopic (exact) mass is 820 g/mol. The number of para-hydroxylation sites is 1. The van der Waals surface area contributed by atoms with Crippen molar-refractivity contribution in [3.63, 3.8) is 0 Å². The Bertz CT molecular complexity index is 3820. The lowest BCUT2D eigenvalue weighted by atomic mass is 9.85. The standard InChI is InChI=1S/C61H41FN2/c1-38-47(31-32-63)57-35-42(28-30-59(57)64(38)46-14-3-2-4-15-46)40-23-24-41-34-44(26-25-39(41)33-40)60-52-19-9-11-21-54(52)61(55-22-12-10-20-53(55)60)45-27-29-51(58(62)37-45)56-36-43-13-5-6-16-48(43)49-17-7-8-18-50(49)56/h2-37H,63H2,1H3/b32-31-. The minimum absolute atomic E-state index is 0.238. The molecular formula is C61H41FN2. The Labute approximate surface area is 370 Å². The van der Waals surface area contributed by atoms with Gasteiger partial charge in [-0.25, -0.2) is 4.39 Å². The molecule has 0 radical (unpaired) electrons. The van der Waals surface area contributed by atoms with Crippen LogP contribution in [0.5, 0.6) is 0 Å². The number of fused-ring (bicyclic) bond motifs is 7. The number of benzene rings is 11. The molecule has 11 aromatic carbocycles. The summed E-state index contributed by atoms with van der Waals surface area (Å²) in [4.78, 5) is 0. The van der Waals surface area contributed by atoms with Crippen LogP contribution in [-0.2, 0) is 0 Å². The van der Waals surface area contributed by atoms with E-state index in [0.717, 1.165) is 104 Å². The quantitative estimate of drug-likeness (QED) is 0.131. The normalized spacial score (nSPS) is 11.9. The largest absolute Gasteiger partial charge is 0.405 e. The van der Waals surface area contributed by atoms with E-state index in [1.54, 1.807) is 12.3 Å². The fourth-order valence-corrected chi connectivity index (χ4v) is 10.3. The molecular weight excluding hydrogens is 780 g/mol. The van der Waals surface area contributed by atoms with E-state index < -0.39 is 0 Å². The molecule has 3 heteroatoms. The number of hydrogen-bond acceptors (Lipinski definition) is 1. The zero-order valence-electron chi connectivity index (χ0n) is 35.2. The summed E-state index contributed by atoms with van der Waals surface area (Å²) in [6, 6.07) is 72.5. The minimum Gasteiger partial charge on any atom is -0.405 e. The van der Waals surface area contributed by atoms with Gasteiger partial charge in [-0.15, -0.1) is 0 Å². The summed E-state index contributed by atoms with van der Waals surface area (Å²) in [5.74, 6) is -0.238. The smallest absolute Gasteiger partial charge is 0.131 e. The molecule has 0 bridgehead atoms. The third-order valence-corrected chi connectivity index (χ3v) is 13.2. The Hall–Kier alpha value is -8.27. The molecule has 0 unspecified atom stereocenters. The van der Waals surface area contributed by atoms with Crippen molar-refractivity contribution in [3.8, 4) is 50.2 Å². The molecule has 0 amide bonds. The molecule has 1 heterocycles. The lowest BCUT2D eigenvalue weighted by Crippen LogP contribution is -1.96. The third-order valence-electron chi connectivity index (χ3n) is 13.2. The van der Waals surface area contributed by atoms with E-state index in [-0.39, 0.29) is 5.82 Å². The van der Waals surface area contributed by atoms with Crippen molar-refractivity contribution in [2.75, 3.05) is 0 Å². The molecule has 302 valence electrons. The van der Waals surface area contributed by atoms with Gasteiger partial charge >= 0.3 is 0 Å². The molecule has 2 nitrogen and oxygen atoms in total. The average molecular weight is 821 g/mol. The molecule has 1 aromatic heterocycles. The van der Waals surface area contributed by atoms with E-state index in [4.69, 9.17) is 5.73 Å². The van der Waals surface area contributed by atoms with Gasteiger partial charge in [0.2, 0.25) is 0 Å². The van der Waals surface area contributed by atoms with Crippen molar-refractivity contribution in [3.05, 3.63) is 230 Å². The maximum atomic E-state index is 16.8. The first kappa shape index (κ1) is 37.5. The summed E-state index contributed by atoms with van der Waals surface area (Å²) in [5, 5.41) is 12.4. The number of halogens is 1. The summed E-state index contributed by atoms with van der Waals surface area (Å²) in [7, 11) is 0. The van der Waals surface area contributed by atoms with Crippen LogP contribution in [0.4, 0.5) is 4.39 Å². The second-order valence-corrected chi connectivity index (χ2v) is 16.8. The molecule has 2 N–H and O–H groups in total. The van der Waals surface area contributed by atoms with Gasteiger partial charge in [0, 0.05) is 27.9 Å². The third kappa shape index (κ3) is 5.93. The van der Waals surface area contributed by atoms with Crippen molar-refractivity contribution in [1.29, 1.82) is 0 Å². The first-order valence-electron chi connectivity index (χ1n) is 21.8. The van der Waals surface area contributed by atoms with Gasteiger partial charge in [-0.1, -0.05) is 158 Å². The highest BCUT2D eigenvalue weighted by molar-refractivity contribution is 6.22. The zero-order valence-corrected chi connectivity index (χ0v) is 35.2. The van der Waals surface area contributed by atoms with Crippen LogP contribution >= 0.6 is 0 Å². The Balaban J connectivity index is 0.960. The summed E-state index contributed by atoms with van der Waals surface area (Å²) < 4.78 is 19.1. The van der Waals surface area contributed by atoms with Crippen molar-refractivity contribution in [1.82, 2.24) is 4.57 Å². The predicted octanol–water partition coefficient (Wildman–Crippen LogP) is 16.4. The van der Waals surface area contributed by atoms with Crippen molar-refractivity contribution in [2.24, 2.45) is 5.73 Å². The van der Waals surface area contributed by atoms with E-state index in [0.29, 0.717) is 5.56 Å². The molecule has 0 spiro atoms. The van der Waals surface area contributed by atoms with Crippen LogP contribution in [0.3, 0.4) is 0 Å². The molecule has 0 fully saturated rings. The van der Waals surface area contributed by atoms with Crippen molar-refractivity contribution in [2.45, 2.75) is 6.92 Å². The molecule has 0 saturated heterocycles. The molecule has 12 rings (SSSR count). The second kappa shape index (κ2) is 15.0. The highest BCUT2D eigenvalue weighted by Gasteiger charge is 2.20. The first-order valence-corrected chi connectivity index (χ1v) is 21.8. The number of rotatable bonds is 6. The average Bonchev–Trinajstić information content (AvgIpc) is 3.62. The van der Waals surface area contributed by atoms with Crippen LogP contribution in [0, 0.1) is 12.7 Å². The second-order valence-electron chi connectivity index (χ2n) is 16.8. The molecule has 0 aliphatic rings. The molecule has 64 heavy (non-hydrogen) atoms. The van der Waals surface area contributed by atoms with Gasteiger partial charge in [-0.2, -0.15) is 0 Å². The Kier molecular flexibility index (Phi) is 8.77. The Morgan fingerprint density at radius 1 is 0.406 bits per heavy atom. The maximum Gasteiger partial charge on any atom is 0.131 e. The summed E-state index contributed by atoms with van der Waals surface area (Å²) in [6.07, 6.45) is 3.63. The van der Waals surface area contributed by atoms with E-state index in [1.165, 1.54) is 16.3 Å². The van der Waals surface area contributed by atoms with Gasteiger partial charge < -0.3 is 10.3 Å². The van der Waals surface area contributed by atoms with E-state index in [2.05, 4.69) is 187 Å². The highest BCUT2D eigenvalue weighted by atomic mass is 19.1. The van der Waals surface area contributed by atoms with Crippen LogP contribution in [0.2, 0.25) is 0 Å². The van der Waals surface area contributed by atoms with Crippen molar-refractivity contribution < 1.29 is 4.39 Å². The van der Waals surface area contributed by atoms with Crippen LogP contribution in [0.15, 0.2) is 212 Å². The number of nitrogens with zero attached hydrogens (tertiary/aromatic N) is 1. The topological polar surface area (TPSA) is 30.9 Å². The molecule has 12 aromatic rings. The number of nitrogens with two attached hydrogens (primary N) is 1. The van der Waals surface area contributed by atoms with Gasteiger partial charge in [0.1, 0.15) is 5.82 Å². The van der Waals surface area contributed by atoms with Crippen LogP contribution in [0.1, 0.15) is 11.3 Å². The number of hydrogen-bond donors (Lipinski definition) is 1. The van der Waals surface area contributed by atoms with Gasteiger partial charge in [-0.05, 0) is 161 Å². The van der Waals surface area contributed by atoms with Crippen LogP contribution < -0.4 is 5.73 Å². The Morgan fingerprint density at radius 3 is 1.58 bits per heavy atom. The van der Waals surface area contributed by atoms with Crippen molar-refractivity contribution >= 4 is 70.8 Å². The fraction of sp³-hybridized carbons (Fsp3) is 0.0164. The highest BCUT2D eigenvalue weighted by Crippen LogP contribution is 2.46. The van der Waals surface area contributed by atoms with Gasteiger partial charge in [-0.3, -0.25) is 0 Å². The predicted molar refractivity (Wildman–Crippen MR) is 270 cm³/mol. The van der Waals surface area contributed by atoms with Crippen LogP contribution in [-0.4, -0.2) is 4.57 Å². The SMILES string of the molecule is Cc1c(/C=C\N)c2cc(-c3ccc4cc(-c5c6ccccc6c(-c6ccc(-c7cc8ccccc8c8ccccc78)c(F)c6)c6ccccc56)ccc4c3)ccc2n1-c1ccccc1. The van der Waals surface area contributed by atoms with E-state index in [1.807, 2.05) is 30.3 Å². The summed E-state index contributed by atoms with van der Waals surface area (Å²) in [6.45, 7) is 2.15. The Morgan fingerprint density at radius 2 is 0.922 bits per heavy atom. The number of aromatic nitrogens is 1. The van der Waals surface area contributed by atoms with E-state index in [9.17, 15) is 0 Å². The fourth-order valence-electron chi connectivity index (χ4n) is 10.3.